The molecule has 4 aromatic rings. The van der Waals surface area contributed by atoms with Crippen molar-refractivity contribution < 1.29 is 13.5 Å². The smallest absolute Gasteiger partial charge is 0.175 e. The van der Waals surface area contributed by atoms with Gasteiger partial charge in [0.1, 0.15) is 0 Å². The topological polar surface area (TPSA) is 78.7 Å². The number of sulfone groups is 1. The molecule has 7 nitrogen and oxygen atoms in total. The number of aromatic nitrogens is 2. The van der Waals surface area contributed by atoms with E-state index < -0.39 is 9.84 Å². The van der Waals surface area contributed by atoms with Crippen molar-refractivity contribution in [3.63, 3.8) is 0 Å². The average Bonchev–Trinajstić information content (AvgIpc) is 3.30. The Bertz CT molecular complexity index is 1710. The molecule has 0 amide bonds. The van der Waals surface area contributed by atoms with Crippen molar-refractivity contribution in [3.8, 4) is 22.5 Å². The number of pyridine rings is 1. The van der Waals surface area contributed by atoms with Crippen LogP contribution in [-0.4, -0.2) is 77.5 Å². The van der Waals surface area contributed by atoms with Gasteiger partial charge in [0, 0.05) is 85.9 Å². The van der Waals surface area contributed by atoms with E-state index in [4.69, 9.17) is 4.98 Å². The van der Waals surface area contributed by atoms with Gasteiger partial charge in [0.05, 0.1) is 16.1 Å². The van der Waals surface area contributed by atoms with Gasteiger partial charge in [0.15, 0.2) is 9.84 Å². The van der Waals surface area contributed by atoms with Crippen LogP contribution >= 0.6 is 0 Å². The van der Waals surface area contributed by atoms with E-state index in [0.717, 1.165) is 65.3 Å². The van der Waals surface area contributed by atoms with Crippen LogP contribution in [0.5, 0.6) is 0 Å². The summed E-state index contributed by atoms with van der Waals surface area (Å²) in [6.07, 6.45) is 3.74. The number of hydrogen-bond acceptors (Lipinski definition) is 6. The standard InChI is InChI=1S/C34H42N4O3S/c1-23-30-16-32(26-10-14-29(15-11-26)42(5,40)41)36(4)33(30)17-31(35-23)25-8-6-24(7-9-25)18-37-19-28-13-12-27(37)20-38(28)21-34(2,3)22-39/h6-11,14-17,27-28,39H,12-13,18-22H2,1-5H3/t27?,28-/m1/s1. The molecule has 8 heteroatoms. The normalized spacial score (nSPS) is 20.0. The van der Waals surface area contributed by atoms with Gasteiger partial charge < -0.3 is 9.67 Å². The third-order valence-corrected chi connectivity index (χ3v) is 10.4. The van der Waals surface area contributed by atoms with Gasteiger partial charge in [-0.3, -0.25) is 14.8 Å². The van der Waals surface area contributed by atoms with Crippen molar-refractivity contribution in [2.24, 2.45) is 12.5 Å². The van der Waals surface area contributed by atoms with Crippen molar-refractivity contribution in [2.75, 3.05) is 32.5 Å². The molecule has 0 aliphatic carbocycles. The first-order valence-electron chi connectivity index (χ1n) is 14.9. The second-order valence-corrected chi connectivity index (χ2v) is 15.2. The molecule has 222 valence electrons. The second-order valence-electron chi connectivity index (χ2n) is 13.2. The zero-order valence-corrected chi connectivity index (χ0v) is 26.2. The summed E-state index contributed by atoms with van der Waals surface area (Å²) in [5, 5.41) is 10.8. The maximum absolute atomic E-state index is 11.9. The molecule has 2 bridgehead atoms. The average molecular weight is 587 g/mol. The molecular formula is C34H42N4O3S. The number of nitrogens with zero attached hydrogens (tertiary/aromatic N) is 4. The summed E-state index contributed by atoms with van der Waals surface area (Å²) >= 11 is 0. The molecule has 1 N–H and O–H groups in total. The van der Waals surface area contributed by atoms with E-state index >= 15 is 0 Å². The Morgan fingerprint density at radius 1 is 0.929 bits per heavy atom. The van der Waals surface area contributed by atoms with Gasteiger partial charge in [0.2, 0.25) is 0 Å². The SMILES string of the molecule is Cc1nc(-c2ccc(CN3C[C@H]4CCC3CN4CC(C)(C)CO)cc2)cc2c1cc(-c1ccc(S(C)(=O)=O)cc1)n2C. The summed E-state index contributed by atoms with van der Waals surface area (Å²) in [7, 11) is -1.18. The van der Waals surface area contributed by atoms with Gasteiger partial charge in [-0.05, 0) is 55.2 Å². The van der Waals surface area contributed by atoms with Crippen molar-refractivity contribution in [1.29, 1.82) is 0 Å². The number of aliphatic hydroxyl groups excluding tert-OH is 1. The van der Waals surface area contributed by atoms with E-state index in [1.807, 2.05) is 26.1 Å². The first kappa shape index (κ1) is 29.1. The lowest BCUT2D eigenvalue weighted by molar-refractivity contribution is -0.0462. The Morgan fingerprint density at radius 3 is 2.14 bits per heavy atom. The number of piperazine rings is 1. The largest absolute Gasteiger partial charge is 0.396 e. The molecule has 3 aliphatic rings. The van der Waals surface area contributed by atoms with Crippen LogP contribution in [0.4, 0.5) is 0 Å². The predicted octanol–water partition coefficient (Wildman–Crippen LogP) is 5.29. The fourth-order valence-corrected chi connectivity index (χ4v) is 7.42. The second kappa shape index (κ2) is 10.9. The summed E-state index contributed by atoms with van der Waals surface area (Å²) in [6.45, 7) is 10.7. The molecule has 2 aromatic heterocycles. The van der Waals surface area contributed by atoms with Gasteiger partial charge >= 0.3 is 0 Å². The molecule has 0 radical (unpaired) electrons. The van der Waals surface area contributed by atoms with Crippen LogP contribution < -0.4 is 0 Å². The summed E-state index contributed by atoms with van der Waals surface area (Å²) < 4.78 is 25.9. The van der Waals surface area contributed by atoms with Crippen molar-refractivity contribution in [2.45, 2.75) is 57.1 Å². The third-order valence-electron chi connectivity index (χ3n) is 9.26. The molecule has 3 fully saturated rings. The fraction of sp³-hybridized carbons (Fsp3) is 0.441. The highest BCUT2D eigenvalue weighted by Gasteiger charge is 2.40. The van der Waals surface area contributed by atoms with Crippen molar-refractivity contribution in [1.82, 2.24) is 19.4 Å². The number of aliphatic hydroxyl groups is 1. The van der Waals surface area contributed by atoms with Crippen LogP contribution in [0.2, 0.25) is 0 Å². The van der Waals surface area contributed by atoms with Crippen LogP contribution in [0.25, 0.3) is 33.4 Å². The molecule has 0 spiro atoms. The molecule has 42 heavy (non-hydrogen) atoms. The molecule has 7 rings (SSSR count). The Kier molecular flexibility index (Phi) is 7.54. The summed E-state index contributed by atoms with van der Waals surface area (Å²) in [6, 6.07) is 21.4. The van der Waals surface area contributed by atoms with E-state index in [1.54, 1.807) is 12.1 Å². The van der Waals surface area contributed by atoms with Crippen LogP contribution in [0.3, 0.4) is 0 Å². The predicted molar refractivity (Wildman–Crippen MR) is 169 cm³/mol. The molecule has 3 aliphatic heterocycles. The highest BCUT2D eigenvalue weighted by Crippen LogP contribution is 2.34. The molecule has 5 heterocycles. The lowest BCUT2D eigenvalue weighted by atomic mass is 9.86. The van der Waals surface area contributed by atoms with E-state index in [2.05, 4.69) is 64.6 Å². The Balaban J connectivity index is 1.19. The number of benzene rings is 2. The number of fused-ring (bicyclic) bond motifs is 4. The first-order valence-corrected chi connectivity index (χ1v) is 16.8. The van der Waals surface area contributed by atoms with Gasteiger partial charge in [0.25, 0.3) is 0 Å². The third kappa shape index (κ3) is 5.65. The lowest BCUT2D eigenvalue weighted by Gasteiger charge is -2.53. The quantitative estimate of drug-likeness (QED) is 0.303. The number of hydrogen-bond donors (Lipinski definition) is 1. The van der Waals surface area contributed by atoms with Crippen molar-refractivity contribution >= 4 is 20.7 Å². The highest BCUT2D eigenvalue weighted by atomic mass is 32.2. The molecule has 0 saturated carbocycles. The molecular weight excluding hydrogens is 544 g/mol. The molecule has 2 aromatic carbocycles. The zero-order chi connectivity index (χ0) is 29.8. The maximum atomic E-state index is 11.9. The number of aryl methyl sites for hydroxylation is 2. The lowest BCUT2D eigenvalue weighted by Crippen LogP contribution is -2.63. The summed E-state index contributed by atoms with van der Waals surface area (Å²) in [5.41, 5.74) is 7.38. The highest BCUT2D eigenvalue weighted by molar-refractivity contribution is 7.90. The van der Waals surface area contributed by atoms with E-state index in [0.29, 0.717) is 17.0 Å². The Morgan fingerprint density at radius 2 is 1.55 bits per heavy atom. The zero-order valence-electron chi connectivity index (χ0n) is 25.3. The van der Waals surface area contributed by atoms with Gasteiger partial charge in [-0.1, -0.05) is 50.2 Å². The minimum Gasteiger partial charge on any atom is -0.396 e. The number of rotatable bonds is 8. The van der Waals surface area contributed by atoms with Gasteiger partial charge in [-0.2, -0.15) is 0 Å². The van der Waals surface area contributed by atoms with Crippen LogP contribution in [0, 0.1) is 12.3 Å². The summed E-state index contributed by atoms with van der Waals surface area (Å²) in [4.78, 5) is 10.5. The van der Waals surface area contributed by atoms with Gasteiger partial charge in [-0.15, -0.1) is 0 Å². The Hall–Kier alpha value is -3.04. The molecule has 2 atom stereocenters. The van der Waals surface area contributed by atoms with Gasteiger partial charge in [-0.25, -0.2) is 8.42 Å². The molecule has 1 unspecified atom stereocenters. The number of piperidine rings is 2. The Labute approximate surface area is 249 Å². The van der Waals surface area contributed by atoms with E-state index in [1.165, 1.54) is 24.7 Å². The van der Waals surface area contributed by atoms with Crippen LogP contribution in [0.1, 0.15) is 37.9 Å². The maximum Gasteiger partial charge on any atom is 0.175 e. The van der Waals surface area contributed by atoms with Crippen molar-refractivity contribution in [3.05, 3.63) is 71.9 Å². The monoisotopic (exact) mass is 586 g/mol. The first-order chi connectivity index (χ1) is 19.9. The summed E-state index contributed by atoms with van der Waals surface area (Å²) in [5.74, 6) is 0. The van der Waals surface area contributed by atoms with Crippen LogP contribution in [-0.2, 0) is 23.4 Å². The fourth-order valence-electron chi connectivity index (χ4n) is 6.79. The minimum atomic E-state index is -3.23. The molecule has 3 saturated heterocycles. The van der Waals surface area contributed by atoms with E-state index in [9.17, 15) is 13.5 Å². The van der Waals surface area contributed by atoms with E-state index in [-0.39, 0.29) is 12.0 Å². The minimum absolute atomic E-state index is 0.0554. The van der Waals surface area contributed by atoms with Crippen LogP contribution in [0.15, 0.2) is 65.6 Å².